The van der Waals surface area contributed by atoms with E-state index in [9.17, 15) is 33.6 Å². The highest BCUT2D eigenvalue weighted by Crippen LogP contribution is 2.37. The van der Waals surface area contributed by atoms with E-state index in [2.05, 4.69) is 10.3 Å². The van der Waals surface area contributed by atoms with Crippen molar-refractivity contribution < 1.29 is 80.6 Å². The Balaban J connectivity index is 1.47. The Labute approximate surface area is 317 Å². The van der Waals surface area contributed by atoms with Gasteiger partial charge < -0.3 is 51.8 Å². The van der Waals surface area contributed by atoms with Crippen molar-refractivity contribution >= 4 is 46.8 Å². The van der Waals surface area contributed by atoms with Crippen LogP contribution in [0.1, 0.15) is 53.5 Å². The Morgan fingerprint density at radius 2 is 1.38 bits per heavy atom. The molecule has 3 aromatic rings. The highest BCUT2D eigenvalue weighted by Gasteiger charge is 2.56. The molecule has 1 aromatic carbocycles. The summed E-state index contributed by atoms with van der Waals surface area (Å²) in [6.45, 7) is 5.46. The molecule has 0 bridgehead atoms. The lowest BCUT2D eigenvalue weighted by atomic mass is 9.96. The monoisotopic (exact) mass is 789 g/mol. The minimum absolute atomic E-state index is 0.141. The van der Waals surface area contributed by atoms with E-state index in [4.69, 9.17) is 51.8 Å². The highest BCUT2D eigenvalue weighted by atomic mass is 16.7. The lowest BCUT2D eigenvalue weighted by Gasteiger charge is -2.47. The lowest BCUT2D eigenvalue weighted by molar-refractivity contribution is -0.335. The van der Waals surface area contributed by atoms with Crippen LogP contribution in [0, 0.1) is 0 Å². The zero-order valence-corrected chi connectivity index (χ0v) is 31.0. The number of hydrogen-bond donors (Lipinski definition) is 0. The molecule has 2 aliphatic heterocycles. The summed E-state index contributed by atoms with van der Waals surface area (Å²) < 4.78 is 63.4. The Hall–Kier alpha value is -5.93. The summed E-state index contributed by atoms with van der Waals surface area (Å²) in [5, 5.41) is 8.91. The number of esters is 6. The number of hydrogen-bond acceptors (Lipinski definition) is 20. The Morgan fingerprint density at radius 1 is 0.750 bits per heavy atom. The molecule has 0 aliphatic carbocycles. The van der Waals surface area contributed by atoms with E-state index in [0.717, 1.165) is 41.5 Å². The van der Waals surface area contributed by atoms with Gasteiger partial charge in [0.2, 0.25) is 0 Å². The molecule has 2 saturated heterocycles. The third kappa shape index (κ3) is 10.6. The van der Waals surface area contributed by atoms with Gasteiger partial charge in [-0.1, -0.05) is 5.21 Å². The average Bonchev–Trinajstić information content (AvgIpc) is 3.58. The van der Waals surface area contributed by atoms with Crippen LogP contribution in [0.25, 0.3) is 11.0 Å². The van der Waals surface area contributed by atoms with E-state index in [1.807, 2.05) is 0 Å². The van der Waals surface area contributed by atoms with Crippen LogP contribution in [-0.2, 0) is 78.0 Å². The van der Waals surface area contributed by atoms with E-state index in [-0.39, 0.29) is 12.3 Å². The number of aromatic nitrogens is 3. The standard InChI is InChI=1S/C35H39N3O18/c1-16(39)46-14-27-29(56-35-33(53-21(6)44)30(50-18(3)41)26(15-48-35)49-17(2)40)31(51-19(4)42)32(52-20(5)43)34(55-27)38-12-23(36-37-38)13-47-24-9-7-22-8-10-28(45)54-25(22)11-24/h7-12,26-27,29-35H,13-15H2,1-6H3. The summed E-state index contributed by atoms with van der Waals surface area (Å²) in [6.07, 6.45) is -11.9. The molecule has 2 aromatic heterocycles. The Bertz CT molecular complexity index is 1990. The lowest BCUT2D eigenvalue weighted by Crippen LogP contribution is -2.64. The second kappa shape index (κ2) is 18.1. The molecular formula is C35H39N3O18. The molecular weight excluding hydrogens is 750 g/mol. The van der Waals surface area contributed by atoms with Gasteiger partial charge in [0.1, 0.15) is 42.4 Å². The van der Waals surface area contributed by atoms with Crippen LogP contribution in [0.4, 0.5) is 0 Å². The first-order chi connectivity index (χ1) is 26.6. The first-order valence-corrected chi connectivity index (χ1v) is 17.1. The molecule has 2 aliphatic rings. The highest BCUT2D eigenvalue weighted by molar-refractivity contribution is 5.77. The maximum atomic E-state index is 12.6. The van der Waals surface area contributed by atoms with Gasteiger partial charge in [-0.05, 0) is 18.2 Å². The number of benzene rings is 1. The third-order valence-electron chi connectivity index (χ3n) is 8.06. The minimum Gasteiger partial charge on any atom is -0.487 e. The van der Waals surface area contributed by atoms with E-state index in [0.29, 0.717) is 16.7 Å². The van der Waals surface area contributed by atoms with Crippen LogP contribution in [0.2, 0.25) is 0 Å². The largest absolute Gasteiger partial charge is 0.487 e. The van der Waals surface area contributed by atoms with Crippen molar-refractivity contribution in [3.8, 4) is 5.75 Å². The molecule has 5 rings (SSSR count). The van der Waals surface area contributed by atoms with Gasteiger partial charge in [0.15, 0.2) is 43.0 Å². The van der Waals surface area contributed by atoms with Crippen molar-refractivity contribution in [2.75, 3.05) is 13.2 Å². The molecule has 0 amide bonds. The second-order valence-electron chi connectivity index (χ2n) is 12.5. The molecule has 0 radical (unpaired) electrons. The predicted octanol–water partition coefficient (Wildman–Crippen LogP) is 0.824. The topological polar surface area (TPSA) is 256 Å². The van der Waals surface area contributed by atoms with Crippen LogP contribution in [0.3, 0.4) is 0 Å². The van der Waals surface area contributed by atoms with Crippen molar-refractivity contribution in [3.63, 3.8) is 0 Å². The van der Waals surface area contributed by atoms with E-state index < -0.39 is 110 Å². The van der Waals surface area contributed by atoms with Crippen LogP contribution in [0.5, 0.6) is 5.75 Å². The van der Waals surface area contributed by atoms with Crippen molar-refractivity contribution in [2.45, 2.75) is 103 Å². The van der Waals surface area contributed by atoms with Crippen LogP contribution < -0.4 is 10.4 Å². The van der Waals surface area contributed by atoms with Gasteiger partial charge in [-0.15, -0.1) is 5.10 Å². The summed E-state index contributed by atoms with van der Waals surface area (Å²) in [4.78, 5) is 85.2. The zero-order valence-electron chi connectivity index (χ0n) is 31.0. The van der Waals surface area contributed by atoms with Crippen molar-refractivity contribution in [1.29, 1.82) is 0 Å². The zero-order chi connectivity index (χ0) is 40.7. The molecule has 56 heavy (non-hydrogen) atoms. The van der Waals surface area contributed by atoms with Gasteiger partial charge in [0.05, 0.1) is 12.8 Å². The van der Waals surface area contributed by atoms with Gasteiger partial charge >= 0.3 is 41.4 Å². The molecule has 9 atom stereocenters. The van der Waals surface area contributed by atoms with Crippen LogP contribution >= 0.6 is 0 Å². The SMILES string of the molecule is CC(=O)OCC1OC(n2cc(COc3ccc4ccc(=O)oc4c3)nn2)C(OC(C)=O)C(OC(C)=O)C1OC1OCC(OC(C)=O)C(OC(C)=O)C1OC(C)=O. The fourth-order valence-electron chi connectivity index (χ4n) is 6.02. The van der Waals surface area contributed by atoms with Crippen LogP contribution in [0.15, 0.2) is 45.7 Å². The molecule has 21 heteroatoms. The Morgan fingerprint density at radius 3 is 2.04 bits per heavy atom. The van der Waals surface area contributed by atoms with E-state index >= 15 is 0 Å². The number of carbonyl (C=O) groups is 6. The van der Waals surface area contributed by atoms with Gasteiger partial charge in [0.25, 0.3) is 0 Å². The minimum atomic E-state index is -1.63. The number of fused-ring (bicyclic) bond motifs is 1. The summed E-state index contributed by atoms with van der Waals surface area (Å²) in [6, 6.07) is 7.78. The van der Waals surface area contributed by atoms with Gasteiger partial charge in [-0.2, -0.15) is 0 Å². The average molecular weight is 790 g/mol. The third-order valence-corrected chi connectivity index (χ3v) is 8.06. The molecule has 21 nitrogen and oxygen atoms in total. The molecule has 9 unspecified atom stereocenters. The number of nitrogens with zero attached hydrogens (tertiary/aromatic N) is 3. The smallest absolute Gasteiger partial charge is 0.336 e. The summed E-state index contributed by atoms with van der Waals surface area (Å²) in [5.74, 6) is -4.52. The second-order valence-corrected chi connectivity index (χ2v) is 12.5. The quantitative estimate of drug-likeness (QED) is 0.132. The van der Waals surface area contributed by atoms with E-state index in [1.165, 1.54) is 23.0 Å². The molecule has 0 N–H and O–H groups in total. The van der Waals surface area contributed by atoms with Gasteiger partial charge in [-0.25, -0.2) is 9.48 Å². The predicted molar refractivity (Wildman–Crippen MR) is 180 cm³/mol. The van der Waals surface area contributed by atoms with Crippen molar-refractivity contribution in [1.82, 2.24) is 15.0 Å². The molecule has 302 valence electrons. The number of carbonyl (C=O) groups excluding carboxylic acids is 6. The summed E-state index contributed by atoms with van der Waals surface area (Å²) in [5.41, 5.74) is 0.0191. The van der Waals surface area contributed by atoms with Gasteiger partial charge in [-0.3, -0.25) is 28.8 Å². The summed E-state index contributed by atoms with van der Waals surface area (Å²) >= 11 is 0. The fraction of sp³-hybridized carbons (Fsp3) is 0.514. The Kier molecular flexibility index (Phi) is 13.4. The first-order valence-electron chi connectivity index (χ1n) is 17.1. The normalized spacial score (nSPS) is 26.0. The molecule has 2 fully saturated rings. The fourth-order valence-corrected chi connectivity index (χ4v) is 6.02. The van der Waals surface area contributed by atoms with Crippen molar-refractivity contribution in [2.24, 2.45) is 0 Å². The van der Waals surface area contributed by atoms with E-state index in [1.54, 1.807) is 18.2 Å². The van der Waals surface area contributed by atoms with Gasteiger partial charge in [0, 0.05) is 59.1 Å². The number of rotatable bonds is 13. The van der Waals surface area contributed by atoms with Crippen LogP contribution in [-0.4, -0.2) is 113 Å². The molecule has 0 saturated carbocycles. The summed E-state index contributed by atoms with van der Waals surface area (Å²) in [7, 11) is 0. The molecule has 0 spiro atoms. The van der Waals surface area contributed by atoms with Crippen molar-refractivity contribution in [3.05, 3.63) is 52.6 Å². The first kappa shape index (κ1) is 41.2. The molecule has 4 heterocycles. The maximum Gasteiger partial charge on any atom is 0.336 e. The number of ether oxygens (including phenoxy) is 10. The maximum absolute atomic E-state index is 12.6.